The van der Waals surface area contributed by atoms with Crippen molar-refractivity contribution in [1.29, 1.82) is 0 Å². The molecule has 0 aromatic heterocycles. The molecule has 0 fully saturated rings. The normalized spacial score (nSPS) is 11.8. The van der Waals surface area contributed by atoms with Crippen LogP contribution in [-0.4, -0.2) is 26.0 Å². The van der Waals surface area contributed by atoms with Gasteiger partial charge in [-0.25, -0.2) is 8.42 Å². The first-order valence-electron chi connectivity index (χ1n) is 5.23. The minimum atomic E-state index is -3.00. The molecule has 1 aromatic rings. The fraction of sp³-hybridized carbons (Fsp3) is 0.455. The van der Waals surface area contributed by atoms with E-state index in [1.807, 2.05) is 18.2 Å². The Morgan fingerprint density at radius 3 is 2.59 bits per heavy atom. The van der Waals surface area contributed by atoms with E-state index in [0.29, 0.717) is 11.6 Å². The van der Waals surface area contributed by atoms with Gasteiger partial charge in [0.05, 0.1) is 21.7 Å². The quantitative estimate of drug-likeness (QED) is 0.789. The van der Waals surface area contributed by atoms with Crippen molar-refractivity contribution in [2.45, 2.75) is 19.1 Å². The Balaban J connectivity index is 2.58. The highest BCUT2D eigenvalue weighted by atomic mass is 127. The lowest BCUT2D eigenvalue weighted by Gasteiger charge is -2.10. The topological polar surface area (TPSA) is 46.2 Å². The first-order valence-corrected chi connectivity index (χ1v) is 8.40. The Bertz CT molecular complexity index is 488. The third-order valence-electron chi connectivity index (χ3n) is 2.35. The summed E-state index contributed by atoms with van der Waals surface area (Å²) in [5, 5.41) is 3.31. The Labute approximate surface area is 121 Å². The van der Waals surface area contributed by atoms with Gasteiger partial charge in [0.1, 0.15) is 0 Å². The van der Waals surface area contributed by atoms with Crippen molar-refractivity contribution in [2.75, 3.05) is 17.6 Å². The lowest BCUT2D eigenvalue weighted by molar-refractivity contribution is 0.588. The molecule has 0 aliphatic carbocycles. The molecule has 3 nitrogen and oxygen atoms in total. The number of hydrogen-bond donors (Lipinski definition) is 1. The van der Waals surface area contributed by atoms with Gasteiger partial charge in [-0.3, -0.25) is 0 Å². The van der Waals surface area contributed by atoms with Crippen LogP contribution in [0.2, 0.25) is 5.02 Å². The molecule has 0 radical (unpaired) electrons. The summed E-state index contributed by atoms with van der Waals surface area (Å²) in [6, 6.07) is 5.61. The molecule has 0 amide bonds. The number of anilines is 1. The van der Waals surface area contributed by atoms with Gasteiger partial charge in [-0.05, 0) is 54.6 Å². The molecular formula is C11H15ClINO2S. The zero-order chi connectivity index (χ0) is 13.1. The van der Waals surface area contributed by atoms with Crippen LogP contribution >= 0.6 is 34.2 Å². The van der Waals surface area contributed by atoms with Crippen LogP contribution in [0.3, 0.4) is 0 Å². The Kier molecular flexibility index (Phi) is 5.53. The molecule has 6 heteroatoms. The van der Waals surface area contributed by atoms with Crippen molar-refractivity contribution < 1.29 is 8.42 Å². The van der Waals surface area contributed by atoms with Gasteiger partial charge in [-0.1, -0.05) is 11.6 Å². The number of nitrogens with one attached hydrogen (secondary N) is 1. The molecule has 96 valence electrons. The van der Waals surface area contributed by atoms with E-state index in [1.165, 1.54) is 0 Å². The van der Waals surface area contributed by atoms with Gasteiger partial charge in [-0.2, -0.15) is 0 Å². The Morgan fingerprint density at radius 2 is 2.06 bits per heavy atom. The fourth-order valence-electron chi connectivity index (χ4n) is 1.20. The van der Waals surface area contributed by atoms with Crippen LogP contribution in [0, 0.1) is 3.57 Å². The van der Waals surface area contributed by atoms with Crippen molar-refractivity contribution in [3.8, 4) is 0 Å². The molecule has 0 unspecified atom stereocenters. The second kappa shape index (κ2) is 6.24. The average molecular weight is 388 g/mol. The first-order chi connectivity index (χ1) is 7.83. The number of benzene rings is 1. The summed E-state index contributed by atoms with van der Waals surface area (Å²) in [7, 11) is -3.00. The summed E-state index contributed by atoms with van der Waals surface area (Å²) in [6.45, 7) is 3.75. The standard InChI is InChI=1S/C11H15ClINO2S/c1-8(2)17(15,16)6-5-14-11-4-3-9(13)7-10(11)12/h3-4,7-8,14H,5-6H2,1-2H3. The molecule has 0 bridgehead atoms. The summed E-state index contributed by atoms with van der Waals surface area (Å²) in [6.07, 6.45) is 0. The summed E-state index contributed by atoms with van der Waals surface area (Å²) < 4.78 is 24.2. The molecule has 0 spiro atoms. The van der Waals surface area contributed by atoms with Crippen molar-refractivity contribution in [1.82, 2.24) is 0 Å². The van der Waals surface area contributed by atoms with Crippen LogP contribution in [-0.2, 0) is 9.84 Å². The van der Waals surface area contributed by atoms with Gasteiger partial charge in [0.15, 0.2) is 9.84 Å². The monoisotopic (exact) mass is 387 g/mol. The van der Waals surface area contributed by atoms with Crippen LogP contribution in [0.25, 0.3) is 0 Å². The van der Waals surface area contributed by atoms with E-state index in [9.17, 15) is 8.42 Å². The smallest absolute Gasteiger partial charge is 0.154 e. The van der Waals surface area contributed by atoms with Gasteiger partial charge in [0.2, 0.25) is 0 Å². The Morgan fingerprint density at radius 1 is 1.41 bits per heavy atom. The van der Waals surface area contributed by atoms with Crippen LogP contribution in [0.4, 0.5) is 5.69 Å². The van der Waals surface area contributed by atoms with Gasteiger partial charge < -0.3 is 5.32 Å². The molecule has 1 rings (SSSR count). The molecule has 0 heterocycles. The van der Waals surface area contributed by atoms with Crippen molar-refractivity contribution in [2.24, 2.45) is 0 Å². The van der Waals surface area contributed by atoms with E-state index in [2.05, 4.69) is 27.9 Å². The zero-order valence-electron chi connectivity index (χ0n) is 9.70. The molecule has 0 saturated heterocycles. The van der Waals surface area contributed by atoms with Gasteiger partial charge in [0.25, 0.3) is 0 Å². The van der Waals surface area contributed by atoms with E-state index >= 15 is 0 Å². The van der Waals surface area contributed by atoms with E-state index < -0.39 is 9.84 Å². The highest BCUT2D eigenvalue weighted by Gasteiger charge is 2.15. The molecule has 0 aliphatic rings. The van der Waals surface area contributed by atoms with Crippen LogP contribution in [0.1, 0.15) is 13.8 Å². The summed E-state index contributed by atoms with van der Waals surface area (Å²) in [4.78, 5) is 0. The zero-order valence-corrected chi connectivity index (χ0v) is 13.4. The number of sulfone groups is 1. The average Bonchev–Trinajstić information content (AvgIpc) is 2.21. The lowest BCUT2D eigenvalue weighted by atomic mass is 10.3. The molecule has 0 saturated carbocycles. The maximum Gasteiger partial charge on any atom is 0.154 e. The fourth-order valence-corrected chi connectivity index (χ4v) is 2.98. The van der Waals surface area contributed by atoms with E-state index in [0.717, 1.165) is 9.26 Å². The maximum atomic E-state index is 11.6. The second-order valence-electron chi connectivity index (χ2n) is 3.97. The SMILES string of the molecule is CC(C)S(=O)(=O)CCNc1ccc(I)cc1Cl. The van der Waals surface area contributed by atoms with Gasteiger partial charge in [-0.15, -0.1) is 0 Å². The first kappa shape index (κ1) is 15.0. The summed E-state index contributed by atoms with van der Waals surface area (Å²) in [5.74, 6) is 0.118. The van der Waals surface area contributed by atoms with Crippen molar-refractivity contribution in [3.63, 3.8) is 0 Å². The van der Waals surface area contributed by atoms with Gasteiger partial charge >= 0.3 is 0 Å². The van der Waals surface area contributed by atoms with E-state index in [4.69, 9.17) is 11.6 Å². The molecule has 1 N–H and O–H groups in total. The lowest BCUT2D eigenvalue weighted by Crippen LogP contribution is -2.23. The predicted octanol–water partition coefficient (Wildman–Crippen LogP) is 3.18. The van der Waals surface area contributed by atoms with Crippen LogP contribution in [0.5, 0.6) is 0 Å². The largest absolute Gasteiger partial charge is 0.383 e. The Hall–Kier alpha value is -0.0100. The van der Waals surface area contributed by atoms with Crippen molar-refractivity contribution >= 4 is 49.7 Å². The third kappa shape index (κ3) is 4.63. The molecule has 17 heavy (non-hydrogen) atoms. The highest BCUT2D eigenvalue weighted by molar-refractivity contribution is 14.1. The summed E-state index contributed by atoms with van der Waals surface area (Å²) >= 11 is 8.20. The third-order valence-corrected chi connectivity index (χ3v) is 5.54. The van der Waals surface area contributed by atoms with Crippen LogP contribution < -0.4 is 5.32 Å². The van der Waals surface area contributed by atoms with Crippen molar-refractivity contribution in [3.05, 3.63) is 26.8 Å². The minimum absolute atomic E-state index is 0.118. The number of hydrogen-bond acceptors (Lipinski definition) is 3. The molecule has 1 aromatic carbocycles. The van der Waals surface area contributed by atoms with E-state index in [1.54, 1.807) is 13.8 Å². The molecule has 0 aliphatic heterocycles. The number of halogens is 2. The maximum absolute atomic E-state index is 11.6. The second-order valence-corrected chi connectivity index (χ2v) is 8.30. The molecular weight excluding hydrogens is 373 g/mol. The van der Waals surface area contributed by atoms with Gasteiger partial charge in [0, 0.05) is 10.1 Å². The number of rotatable bonds is 5. The predicted molar refractivity (Wildman–Crippen MR) is 81.6 cm³/mol. The van der Waals surface area contributed by atoms with Crippen LogP contribution in [0.15, 0.2) is 18.2 Å². The highest BCUT2D eigenvalue weighted by Crippen LogP contribution is 2.23. The summed E-state index contributed by atoms with van der Waals surface area (Å²) in [5.41, 5.74) is 0.769. The molecule has 0 atom stereocenters. The van der Waals surface area contributed by atoms with E-state index in [-0.39, 0.29) is 11.0 Å². The minimum Gasteiger partial charge on any atom is -0.383 e.